The summed E-state index contributed by atoms with van der Waals surface area (Å²) >= 11 is 0. The van der Waals surface area contributed by atoms with Gasteiger partial charge in [-0.2, -0.15) is 0 Å². The van der Waals surface area contributed by atoms with Gasteiger partial charge in [-0.05, 0) is 55.9 Å². The second-order valence-electron chi connectivity index (χ2n) is 9.76. The van der Waals surface area contributed by atoms with E-state index in [1.165, 1.54) is 0 Å². The van der Waals surface area contributed by atoms with Crippen molar-refractivity contribution < 1.29 is 14.3 Å². The van der Waals surface area contributed by atoms with Gasteiger partial charge in [0.15, 0.2) is 0 Å². The zero-order valence-electron chi connectivity index (χ0n) is 22.3. The van der Waals surface area contributed by atoms with Crippen molar-refractivity contribution >= 4 is 17.6 Å². The lowest BCUT2D eigenvalue weighted by molar-refractivity contribution is -0.144. The summed E-state index contributed by atoms with van der Waals surface area (Å²) in [4.78, 5) is 33.8. The minimum Gasteiger partial charge on any atom is -0.368 e. The molecule has 7 nitrogen and oxygen atoms in total. The molecule has 1 aliphatic heterocycles. The first kappa shape index (κ1) is 27.7. The minimum atomic E-state index is -0.483. The van der Waals surface area contributed by atoms with Gasteiger partial charge in [-0.3, -0.25) is 14.7 Å². The third-order valence-corrected chi connectivity index (χ3v) is 6.87. The second kappa shape index (κ2) is 14.0. The molecule has 2 heterocycles. The van der Waals surface area contributed by atoms with E-state index in [1.54, 1.807) is 11.9 Å². The van der Waals surface area contributed by atoms with Crippen LogP contribution in [0, 0.1) is 5.92 Å². The maximum atomic E-state index is 13.1. The number of unbranched alkanes of at least 4 members (excludes halogenated alkanes) is 2. The number of anilines is 1. The molecule has 0 aliphatic carbocycles. The van der Waals surface area contributed by atoms with Gasteiger partial charge < -0.3 is 15.0 Å². The number of aromatic nitrogens is 1. The summed E-state index contributed by atoms with van der Waals surface area (Å²) in [6.45, 7) is 9.11. The molecular formula is C29H42N4O3. The highest BCUT2D eigenvalue weighted by molar-refractivity contribution is 5.92. The van der Waals surface area contributed by atoms with E-state index in [-0.39, 0.29) is 11.9 Å². The molecule has 1 atom stereocenters. The first-order valence-electron chi connectivity index (χ1n) is 13.4. The number of amides is 3. The smallest absolute Gasteiger partial charge is 0.321 e. The summed E-state index contributed by atoms with van der Waals surface area (Å²) in [5.41, 5.74) is 3.53. The summed E-state index contributed by atoms with van der Waals surface area (Å²) in [6, 6.07) is 11.7. The van der Waals surface area contributed by atoms with Crippen molar-refractivity contribution in [3.63, 3.8) is 0 Å². The Hall–Kier alpha value is -2.93. The highest BCUT2D eigenvalue weighted by Crippen LogP contribution is 2.24. The summed E-state index contributed by atoms with van der Waals surface area (Å²) < 4.78 is 5.85. The Kier molecular flexibility index (Phi) is 10.7. The fourth-order valence-electron chi connectivity index (χ4n) is 4.46. The Bertz CT molecular complexity index is 971. The topological polar surface area (TPSA) is 74.8 Å². The molecule has 3 amide bonds. The van der Waals surface area contributed by atoms with Crippen molar-refractivity contribution in [1.29, 1.82) is 0 Å². The number of urea groups is 1. The summed E-state index contributed by atoms with van der Waals surface area (Å²) in [5.74, 6) is 0.756. The largest absolute Gasteiger partial charge is 0.368 e. The van der Waals surface area contributed by atoms with Crippen molar-refractivity contribution in [3.8, 4) is 11.3 Å². The van der Waals surface area contributed by atoms with Gasteiger partial charge in [0.05, 0.1) is 5.69 Å². The Morgan fingerprint density at radius 1 is 1.17 bits per heavy atom. The minimum absolute atomic E-state index is 0.0801. The van der Waals surface area contributed by atoms with Crippen LogP contribution in [-0.4, -0.2) is 61.2 Å². The van der Waals surface area contributed by atoms with Crippen molar-refractivity contribution in [2.75, 3.05) is 38.2 Å². The first-order chi connectivity index (χ1) is 17.4. The molecule has 196 valence electrons. The normalized spacial score (nSPS) is 14.9. The highest BCUT2D eigenvalue weighted by Gasteiger charge is 2.28. The Morgan fingerprint density at radius 2 is 1.94 bits per heavy atom. The molecule has 2 aromatic rings. The van der Waals surface area contributed by atoms with Crippen molar-refractivity contribution in [2.45, 2.75) is 65.4 Å². The van der Waals surface area contributed by atoms with Gasteiger partial charge >= 0.3 is 6.03 Å². The number of hydrogen-bond acceptors (Lipinski definition) is 4. The molecule has 7 heteroatoms. The van der Waals surface area contributed by atoms with Crippen LogP contribution in [-0.2, 0) is 16.0 Å². The van der Waals surface area contributed by atoms with Crippen LogP contribution in [0.15, 0.2) is 42.6 Å². The molecular weight excluding hydrogens is 452 g/mol. The van der Waals surface area contributed by atoms with E-state index in [0.717, 1.165) is 67.7 Å². The van der Waals surface area contributed by atoms with Crippen molar-refractivity contribution in [2.24, 2.45) is 5.92 Å². The molecule has 36 heavy (non-hydrogen) atoms. The third kappa shape index (κ3) is 7.79. The van der Waals surface area contributed by atoms with E-state index in [9.17, 15) is 9.59 Å². The van der Waals surface area contributed by atoms with Gasteiger partial charge in [0.1, 0.15) is 6.10 Å². The number of likely N-dealkylation sites (tertiary alicyclic amines) is 1. The molecule has 1 aromatic heterocycles. The van der Waals surface area contributed by atoms with E-state index < -0.39 is 6.10 Å². The molecule has 3 rings (SSSR count). The van der Waals surface area contributed by atoms with Crippen LogP contribution >= 0.6 is 0 Å². The number of nitrogens with one attached hydrogen (secondary N) is 1. The number of pyridine rings is 1. The SMILES string of the molecule is CCCCCNC(=O)N(C)c1cccc(-c2ccc(C[C@H](OCC)C(=O)N3CCC(C)CC3)cn2)c1. The summed E-state index contributed by atoms with van der Waals surface area (Å²) in [5, 5.41) is 2.97. The molecule has 1 aromatic carbocycles. The van der Waals surface area contributed by atoms with Gasteiger partial charge in [0.25, 0.3) is 5.91 Å². The quantitative estimate of drug-likeness (QED) is 0.431. The van der Waals surface area contributed by atoms with Crippen LogP contribution in [0.5, 0.6) is 0 Å². The number of ether oxygens (including phenoxy) is 1. The highest BCUT2D eigenvalue weighted by atomic mass is 16.5. The van der Waals surface area contributed by atoms with E-state index >= 15 is 0 Å². The molecule has 0 unspecified atom stereocenters. The van der Waals surface area contributed by atoms with Crippen LogP contribution in [0.1, 0.15) is 58.4 Å². The lowest BCUT2D eigenvalue weighted by atomic mass is 9.98. The number of hydrogen-bond donors (Lipinski definition) is 1. The first-order valence-corrected chi connectivity index (χ1v) is 13.4. The monoisotopic (exact) mass is 494 g/mol. The maximum absolute atomic E-state index is 13.1. The third-order valence-electron chi connectivity index (χ3n) is 6.87. The number of nitrogens with zero attached hydrogens (tertiary/aromatic N) is 3. The van der Waals surface area contributed by atoms with Crippen LogP contribution in [0.25, 0.3) is 11.3 Å². The summed E-state index contributed by atoms with van der Waals surface area (Å²) in [6.07, 6.45) is 7.17. The van der Waals surface area contributed by atoms with Crippen molar-refractivity contribution in [1.82, 2.24) is 15.2 Å². The number of rotatable bonds is 11. The molecule has 0 bridgehead atoms. The summed E-state index contributed by atoms with van der Waals surface area (Å²) in [7, 11) is 1.78. The average molecular weight is 495 g/mol. The number of carbonyl (C=O) groups is 2. The zero-order valence-corrected chi connectivity index (χ0v) is 22.3. The standard InChI is InChI=1S/C29H42N4O3/c1-5-7-8-16-30-29(35)32(4)25-11-9-10-24(20-25)26-13-12-23(21-31-26)19-27(36-6-2)28(34)33-17-14-22(3)15-18-33/h9-13,20-22,27H,5-8,14-19H2,1-4H3,(H,30,35)/t27-/m0/s1. The van der Waals surface area contributed by atoms with Crippen LogP contribution < -0.4 is 10.2 Å². The molecule has 1 fully saturated rings. The number of carbonyl (C=O) groups excluding carboxylic acids is 2. The fraction of sp³-hybridized carbons (Fsp3) is 0.552. The predicted molar refractivity (Wildman–Crippen MR) is 145 cm³/mol. The van der Waals surface area contributed by atoms with E-state index in [1.807, 2.05) is 54.4 Å². The lowest BCUT2D eigenvalue weighted by Gasteiger charge is -2.33. The predicted octanol–water partition coefficient (Wildman–Crippen LogP) is 5.29. The van der Waals surface area contributed by atoms with Gasteiger partial charge in [-0.15, -0.1) is 0 Å². The number of benzene rings is 1. The molecule has 1 aliphatic rings. The Balaban J connectivity index is 1.64. The van der Waals surface area contributed by atoms with E-state index in [0.29, 0.717) is 25.5 Å². The van der Waals surface area contributed by atoms with Gasteiger partial charge in [-0.25, -0.2) is 4.79 Å². The number of piperidine rings is 1. The molecule has 0 radical (unpaired) electrons. The van der Waals surface area contributed by atoms with Crippen molar-refractivity contribution in [3.05, 3.63) is 48.2 Å². The molecule has 1 N–H and O–H groups in total. The zero-order chi connectivity index (χ0) is 25.9. The lowest BCUT2D eigenvalue weighted by Crippen LogP contribution is -2.45. The van der Waals surface area contributed by atoms with Gasteiger partial charge in [0, 0.05) is 57.2 Å². The van der Waals surface area contributed by atoms with Gasteiger partial charge in [-0.1, -0.05) is 44.9 Å². The van der Waals surface area contributed by atoms with Crippen LogP contribution in [0.2, 0.25) is 0 Å². The Labute approximate surface area is 216 Å². The second-order valence-corrected chi connectivity index (χ2v) is 9.76. The molecule has 1 saturated heterocycles. The molecule has 0 spiro atoms. The average Bonchev–Trinajstić information content (AvgIpc) is 2.91. The fourth-order valence-corrected chi connectivity index (χ4v) is 4.46. The maximum Gasteiger partial charge on any atom is 0.321 e. The van der Waals surface area contributed by atoms with E-state index in [2.05, 4.69) is 24.1 Å². The van der Waals surface area contributed by atoms with E-state index in [4.69, 9.17) is 4.74 Å². The van der Waals surface area contributed by atoms with Crippen LogP contribution in [0.4, 0.5) is 10.5 Å². The molecule has 0 saturated carbocycles. The van der Waals surface area contributed by atoms with Gasteiger partial charge in [0.2, 0.25) is 0 Å². The van der Waals surface area contributed by atoms with Crippen LogP contribution in [0.3, 0.4) is 0 Å². The Morgan fingerprint density at radius 3 is 2.61 bits per heavy atom.